The van der Waals surface area contributed by atoms with Gasteiger partial charge in [-0.2, -0.15) is 0 Å². The highest BCUT2D eigenvalue weighted by molar-refractivity contribution is 5.56. The highest BCUT2D eigenvalue weighted by Crippen LogP contribution is 2.26. The molecule has 3 aliphatic rings. The van der Waals surface area contributed by atoms with Crippen LogP contribution in [-0.2, 0) is 9.47 Å². The summed E-state index contributed by atoms with van der Waals surface area (Å²) in [5.41, 5.74) is 0. The van der Waals surface area contributed by atoms with Crippen molar-refractivity contribution in [2.75, 3.05) is 26.3 Å². The number of hydrogen-bond donors (Lipinski definition) is 0. The van der Waals surface area contributed by atoms with Crippen LogP contribution in [0, 0.1) is 0 Å². The van der Waals surface area contributed by atoms with Crippen molar-refractivity contribution >= 4 is 12.4 Å². The van der Waals surface area contributed by atoms with Gasteiger partial charge in [-0.25, -0.2) is 9.47 Å². The van der Waals surface area contributed by atoms with Gasteiger partial charge in [0.25, 0.3) is 0 Å². The molecule has 1 fully saturated rings. The Labute approximate surface area is 64.3 Å². The maximum atomic E-state index is 5.53. The number of ether oxygens (including phenoxy) is 2. The van der Waals surface area contributed by atoms with Gasteiger partial charge in [0.15, 0.2) is 12.4 Å². The van der Waals surface area contributed by atoms with Gasteiger partial charge in [-0.1, -0.05) is 0 Å². The molecule has 1 saturated heterocycles. The summed E-state index contributed by atoms with van der Waals surface area (Å²) < 4.78 is 15.3. The smallest absolute Gasteiger partial charge is 0.223 e. The van der Waals surface area contributed by atoms with Gasteiger partial charge in [-0.05, 0) is 0 Å². The molecule has 3 aliphatic heterocycles. The van der Waals surface area contributed by atoms with Crippen molar-refractivity contribution in [3.8, 4) is 0 Å². The summed E-state index contributed by atoms with van der Waals surface area (Å²) >= 11 is 0. The summed E-state index contributed by atoms with van der Waals surface area (Å²) in [7, 11) is 0. The first-order valence-corrected chi connectivity index (χ1v) is 3.90. The zero-order chi connectivity index (χ0) is 7.31. The van der Waals surface area contributed by atoms with Crippen molar-refractivity contribution in [2.45, 2.75) is 6.03 Å². The summed E-state index contributed by atoms with van der Waals surface area (Å²) in [6, 6.07) is -0.528. The second-order valence-corrected chi connectivity index (χ2v) is 2.92. The van der Waals surface area contributed by atoms with Gasteiger partial charge in [-0.3, -0.25) is 0 Å². The van der Waals surface area contributed by atoms with Crippen molar-refractivity contribution in [3.05, 3.63) is 0 Å². The van der Waals surface area contributed by atoms with Crippen molar-refractivity contribution in [3.63, 3.8) is 0 Å². The van der Waals surface area contributed by atoms with E-state index in [0.29, 0.717) is 13.2 Å². The van der Waals surface area contributed by atoms with Gasteiger partial charge >= 0.3 is 6.03 Å². The first kappa shape index (κ1) is 5.85. The van der Waals surface area contributed by atoms with Gasteiger partial charge < -0.3 is 0 Å². The third-order valence-electron chi connectivity index (χ3n) is 2.44. The maximum Gasteiger partial charge on any atom is 0.611 e. The van der Waals surface area contributed by atoms with Crippen LogP contribution in [0.5, 0.6) is 0 Å². The summed E-state index contributed by atoms with van der Waals surface area (Å²) in [6.07, 6.45) is 4.11. The molecule has 0 aliphatic carbocycles. The Bertz CT molecular complexity index is 242. The number of nitrogens with zero attached hydrogens (tertiary/aromatic N) is 2. The number of hydrogen-bond acceptors (Lipinski definition) is 2. The quantitative estimate of drug-likeness (QED) is 0.411. The molecule has 0 bridgehead atoms. The molecule has 4 nitrogen and oxygen atoms in total. The lowest BCUT2D eigenvalue weighted by Crippen LogP contribution is -2.42. The fraction of sp³-hybridized carbons (Fsp3) is 0.714. The van der Waals surface area contributed by atoms with E-state index in [1.807, 2.05) is 0 Å². The topological polar surface area (TPSA) is 24.5 Å². The van der Waals surface area contributed by atoms with Crippen molar-refractivity contribution in [2.24, 2.45) is 0 Å². The molecule has 4 heteroatoms. The summed E-state index contributed by atoms with van der Waals surface area (Å²) in [5.74, 6) is 0. The first-order chi connectivity index (χ1) is 5.42. The third kappa shape index (κ3) is 0.533. The lowest BCUT2D eigenvalue weighted by atomic mass is 10.6. The summed E-state index contributed by atoms with van der Waals surface area (Å²) in [4.78, 5) is 0. The molecule has 3 rings (SSSR count). The molecule has 0 saturated carbocycles. The van der Waals surface area contributed by atoms with Gasteiger partial charge in [0.05, 0.1) is 0 Å². The van der Waals surface area contributed by atoms with E-state index in [9.17, 15) is 0 Å². The molecule has 58 valence electrons. The Hall–Kier alpha value is -0.740. The van der Waals surface area contributed by atoms with Crippen LogP contribution < -0.4 is 0 Å². The minimum absolute atomic E-state index is 0.528. The van der Waals surface area contributed by atoms with Crippen LogP contribution >= 0.6 is 0 Å². The van der Waals surface area contributed by atoms with Crippen LogP contribution in [0.3, 0.4) is 0 Å². The summed E-state index contributed by atoms with van der Waals surface area (Å²) in [6.45, 7) is 3.36. The van der Waals surface area contributed by atoms with Crippen molar-refractivity contribution in [1.29, 1.82) is 0 Å². The second-order valence-electron chi connectivity index (χ2n) is 2.92. The molecule has 0 aromatic carbocycles. The Morgan fingerprint density at radius 2 is 1.55 bits per heavy atom. The molecule has 0 aromatic heterocycles. The highest BCUT2D eigenvalue weighted by atomic mass is 16.8. The maximum absolute atomic E-state index is 5.53. The minimum Gasteiger partial charge on any atom is -0.223 e. The first-order valence-electron chi connectivity index (χ1n) is 3.90. The van der Waals surface area contributed by atoms with E-state index in [1.165, 1.54) is 0 Å². The third-order valence-corrected chi connectivity index (χ3v) is 2.44. The van der Waals surface area contributed by atoms with E-state index < -0.39 is 6.03 Å². The molecular weight excluding hydrogens is 144 g/mol. The van der Waals surface area contributed by atoms with Crippen LogP contribution in [-0.4, -0.2) is 53.9 Å². The average molecular weight is 154 g/mol. The van der Waals surface area contributed by atoms with Gasteiger partial charge in [-0.15, -0.1) is 9.15 Å². The Morgan fingerprint density at radius 3 is 2.09 bits per heavy atom. The molecule has 0 unspecified atom stereocenters. The largest absolute Gasteiger partial charge is 0.611 e. The normalized spacial score (nSPS) is 31.3. The van der Waals surface area contributed by atoms with E-state index in [1.54, 1.807) is 0 Å². The monoisotopic (exact) mass is 154 g/mol. The van der Waals surface area contributed by atoms with Gasteiger partial charge in [0.1, 0.15) is 13.2 Å². The predicted molar refractivity (Wildman–Crippen MR) is 37.0 cm³/mol. The van der Waals surface area contributed by atoms with Crippen molar-refractivity contribution in [1.82, 2.24) is 0 Å². The van der Waals surface area contributed by atoms with E-state index in [4.69, 9.17) is 9.47 Å². The molecule has 11 heavy (non-hydrogen) atoms. The fourth-order valence-electron chi connectivity index (χ4n) is 1.92. The molecular formula is C7H10N2O2+2. The van der Waals surface area contributed by atoms with Crippen LogP contribution in [0.1, 0.15) is 0 Å². The van der Waals surface area contributed by atoms with Crippen LogP contribution in [0.15, 0.2) is 0 Å². The lowest BCUT2D eigenvalue weighted by Gasteiger charge is -2.06. The van der Waals surface area contributed by atoms with Gasteiger partial charge in [0, 0.05) is 0 Å². The Morgan fingerprint density at radius 1 is 1.00 bits per heavy atom. The van der Waals surface area contributed by atoms with Gasteiger partial charge in [0.2, 0.25) is 13.1 Å². The average Bonchev–Trinajstić information content (AvgIpc) is 2.55. The zero-order valence-electron chi connectivity index (χ0n) is 6.19. The van der Waals surface area contributed by atoms with Crippen LogP contribution in [0.2, 0.25) is 0 Å². The predicted octanol–water partition coefficient (Wildman–Crippen LogP) is -1.16. The Kier molecular flexibility index (Phi) is 0.906. The van der Waals surface area contributed by atoms with Crippen LogP contribution in [0.25, 0.3) is 0 Å². The zero-order valence-corrected chi connectivity index (χ0v) is 6.19. The lowest BCUT2D eigenvalue weighted by molar-refractivity contribution is -0.853. The van der Waals surface area contributed by atoms with E-state index >= 15 is 0 Å². The van der Waals surface area contributed by atoms with Crippen LogP contribution in [0.4, 0.5) is 0 Å². The minimum atomic E-state index is -0.528. The standard InChI is InChI=1S/C7H10N2O2/c1-2-9-4-6-11-7(9)8(1)3-5-10-7/h3-4H,1-2,5-6H2/q+2. The molecule has 0 radical (unpaired) electrons. The highest BCUT2D eigenvalue weighted by Gasteiger charge is 2.66. The van der Waals surface area contributed by atoms with E-state index in [2.05, 4.69) is 21.6 Å². The van der Waals surface area contributed by atoms with E-state index in [0.717, 1.165) is 13.1 Å². The molecule has 0 atom stereocenters. The van der Waals surface area contributed by atoms with E-state index in [-0.39, 0.29) is 0 Å². The summed E-state index contributed by atoms with van der Waals surface area (Å²) in [5, 5.41) is 0. The number of rotatable bonds is 0. The molecule has 0 N–H and O–H groups in total. The molecule has 1 spiro atoms. The molecule has 3 heterocycles. The Balaban J connectivity index is 2.15. The molecule has 0 aromatic rings. The second kappa shape index (κ2) is 1.70. The molecule has 0 amide bonds. The SMILES string of the molecule is C1=[N+]2CC[N+]3=CCOC23OC1. The fourth-order valence-corrected chi connectivity index (χ4v) is 1.92. The van der Waals surface area contributed by atoms with Crippen molar-refractivity contribution < 1.29 is 18.6 Å².